The molecule has 2 aromatic rings. The van der Waals surface area contributed by atoms with Crippen LogP contribution >= 0.6 is 27.5 Å². The van der Waals surface area contributed by atoms with Gasteiger partial charge in [0.2, 0.25) is 5.91 Å². The van der Waals surface area contributed by atoms with Gasteiger partial charge in [-0.15, -0.1) is 6.58 Å². The molecule has 0 aliphatic carbocycles. The van der Waals surface area contributed by atoms with E-state index in [4.69, 9.17) is 21.1 Å². The van der Waals surface area contributed by atoms with Gasteiger partial charge in [-0.2, -0.15) is 0 Å². The quantitative estimate of drug-likeness (QED) is 0.238. The number of aliphatic hydroxyl groups is 1. The monoisotopic (exact) mass is 644 g/mol. The van der Waals surface area contributed by atoms with Crippen LogP contribution in [0.3, 0.4) is 0 Å². The normalized spacial score (nSPS) is 28.9. The minimum Gasteiger partial charge on any atom is -0.466 e. The average molecular weight is 646 g/mol. The maximum atomic E-state index is 14.8. The fourth-order valence-electron chi connectivity index (χ4n) is 6.92. The second-order valence-corrected chi connectivity index (χ2v) is 12.4. The Kier molecular flexibility index (Phi) is 8.62. The van der Waals surface area contributed by atoms with E-state index in [1.807, 2.05) is 43.3 Å². The van der Waals surface area contributed by atoms with Gasteiger partial charge in [0.1, 0.15) is 11.6 Å². The highest BCUT2D eigenvalue weighted by atomic mass is 79.9. The lowest BCUT2D eigenvalue weighted by Gasteiger charge is -2.40. The molecule has 2 aromatic carbocycles. The van der Waals surface area contributed by atoms with Crippen LogP contribution in [0.5, 0.6) is 0 Å². The summed E-state index contributed by atoms with van der Waals surface area (Å²) < 4.78 is 12.0. The van der Waals surface area contributed by atoms with Crippen molar-refractivity contribution in [3.8, 4) is 0 Å². The number of rotatable bonds is 10. The first-order chi connectivity index (χ1) is 19.7. The van der Waals surface area contributed by atoms with Crippen LogP contribution in [0.4, 0.5) is 5.69 Å². The second kappa shape index (κ2) is 11.9. The average Bonchev–Trinajstić information content (AvgIpc) is 3.55. The number of carbonyl (C=O) groups excluding carboxylic acids is 3. The lowest BCUT2D eigenvalue weighted by Crippen LogP contribution is -2.59. The van der Waals surface area contributed by atoms with E-state index in [-0.39, 0.29) is 24.6 Å². The van der Waals surface area contributed by atoms with E-state index >= 15 is 0 Å². The summed E-state index contributed by atoms with van der Waals surface area (Å²) in [7, 11) is 0. The van der Waals surface area contributed by atoms with Gasteiger partial charge >= 0.3 is 5.97 Å². The van der Waals surface area contributed by atoms with E-state index in [2.05, 4.69) is 22.5 Å². The third kappa shape index (κ3) is 4.90. The Morgan fingerprint density at radius 3 is 2.66 bits per heavy atom. The number of benzene rings is 2. The largest absolute Gasteiger partial charge is 0.466 e. The Labute approximate surface area is 253 Å². The number of nitrogens with zero attached hydrogens (tertiary/aromatic N) is 2. The van der Waals surface area contributed by atoms with Gasteiger partial charge in [-0.05, 0) is 43.9 Å². The highest BCUT2D eigenvalue weighted by Gasteiger charge is 2.77. The van der Waals surface area contributed by atoms with Gasteiger partial charge in [-0.25, -0.2) is 0 Å². The van der Waals surface area contributed by atoms with Crippen molar-refractivity contribution < 1.29 is 29.0 Å². The molecule has 3 unspecified atom stereocenters. The lowest BCUT2D eigenvalue weighted by atomic mass is 9.70. The molecule has 8 nitrogen and oxygen atoms in total. The van der Waals surface area contributed by atoms with Crippen molar-refractivity contribution in [1.29, 1.82) is 0 Å². The molecule has 218 valence electrons. The third-order valence-corrected chi connectivity index (χ3v) is 9.62. The van der Waals surface area contributed by atoms with Crippen molar-refractivity contribution in [2.75, 3.05) is 24.7 Å². The van der Waals surface area contributed by atoms with Crippen LogP contribution in [0.25, 0.3) is 0 Å². The molecule has 5 rings (SSSR count). The molecule has 2 bridgehead atoms. The van der Waals surface area contributed by atoms with Crippen LogP contribution in [0.15, 0.2) is 61.2 Å². The number of anilines is 1. The van der Waals surface area contributed by atoms with Gasteiger partial charge in [0.05, 0.1) is 47.9 Å². The van der Waals surface area contributed by atoms with E-state index < -0.39 is 53.4 Å². The van der Waals surface area contributed by atoms with Gasteiger partial charge < -0.3 is 24.4 Å². The zero-order valence-electron chi connectivity index (χ0n) is 23.0. The van der Waals surface area contributed by atoms with Gasteiger partial charge in [0.15, 0.2) is 0 Å². The number of ether oxygens (including phenoxy) is 2. The Hall–Kier alpha value is -2.72. The number of alkyl halides is 1. The number of aryl methyl sites for hydroxylation is 1. The summed E-state index contributed by atoms with van der Waals surface area (Å²) >= 11 is 10.3. The lowest BCUT2D eigenvalue weighted by molar-refractivity contribution is -0.155. The standard InChI is InChI=1S/C31H34BrClN2O6/c1-4-14-34(25-18(3)10-9-13-22(25)33)29(38)27-31-16-21(32)26(41-31)23(30(39)40-5-2)24(31)28(37)35(27)20(17-36)15-19-11-7-6-8-12-19/h4,6-13,20-21,23-24,26-27,36H,1,5,14-17H2,2-3H3/t20-,21?,23+,24+,26+,27?,31?/m1/s1. The summed E-state index contributed by atoms with van der Waals surface area (Å²) in [5.74, 6) is -3.15. The molecule has 3 aliphatic rings. The molecule has 3 fully saturated rings. The fourth-order valence-corrected chi connectivity index (χ4v) is 8.18. The zero-order valence-corrected chi connectivity index (χ0v) is 25.4. The molecule has 0 radical (unpaired) electrons. The molecule has 0 saturated carbocycles. The van der Waals surface area contributed by atoms with Crippen molar-refractivity contribution in [2.45, 2.75) is 55.3 Å². The number of hydrogen-bond acceptors (Lipinski definition) is 6. The summed E-state index contributed by atoms with van der Waals surface area (Å²) in [6, 6.07) is 13.0. The molecule has 3 aliphatic heterocycles. The molecular formula is C31H34BrClN2O6. The molecule has 41 heavy (non-hydrogen) atoms. The van der Waals surface area contributed by atoms with E-state index in [1.165, 1.54) is 9.80 Å². The summed E-state index contributed by atoms with van der Waals surface area (Å²) in [6.07, 6.45) is 1.63. The van der Waals surface area contributed by atoms with Crippen LogP contribution in [0.1, 0.15) is 24.5 Å². The number of carbonyl (C=O) groups is 3. The number of likely N-dealkylation sites (tertiary alicyclic amines) is 1. The number of halogens is 2. The van der Waals surface area contributed by atoms with Crippen molar-refractivity contribution >= 4 is 51.0 Å². The molecule has 10 heteroatoms. The summed E-state index contributed by atoms with van der Waals surface area (Å²) in [5.41, 5.74) is 0.888. The first kappa shape index (κ1) is 29.8. The summed E-state index contributed by atoms with van der Waals surface area (Å²) in [6.45, 7) is 7.33. The molecule has 1 spiro atoms. The molecule has 2 amide bonds. The SMILES string of the molecule is C=CCN(C(=O)C1N([C@@H](CO)Cc2ccccc2)C(=O)[C@@H]2[C@H](C(=O)OCC)[C@H]3OC12CC3Br)c1c(C)cccc1Cl. The Balaban J connectivity index is 1.65. The predicted octanol–water partition coefficient (Wildman–Crippen LogP) is 4.08. The third-order valence-electron chi connectivity index (χ3n) is 8.47. The van der Waals surface area contributed by atoms with E-state index in [1.54, 1.807) is 25.1 Å². The van der Waals surface area contributed by atoms with Gasteiger partial charge in [0.25, 0.3) is 5.91 Å². The number of para-hydroxylation sites is 1. The van der Waals surface area contributed by atoms with Crippen molar-refractivity contribution in [2.24, 2.45) is 11.8 Å². The van der Waals surface area contributed by atoms with Crippen molar-refractivity contribution in [3.63, 3.8) is 0 Å². The zero-order chi connectivity index (χ0) is 29.5. The summed E-state index contributed by atoms with van der Waals surface area (Å²) in [5, 5.41) is 11.0. The van der Waals surface area contributed by atoms with Gasteiger partial charge in [0, 0.05) is 11.4 Å². The fraction of sp³-hybridized carbons (Fsp3) is 0.452. The van der Waals surface area contributed by atoms with E-state index in [0.29, 0.717) is 23.6 Å². The number of aliphatic hydroxyl groups excluding tert-OH is 1. The highest BCUT2D eigenvalue weighted by Crippen LogP contribution is 2.61. The van der Waals surface area contributed by atoms with Gasteiger partial charge in [-0.3, -0.25) is 14.4 Å². The number of hydrogen-bond donors (Lipinski definition) is 1. The van der Waals surface area contributed by atoms with Crippen LogP contribution < -0.4 is 4.90 Å². The number of amides is 2. The van der Waals surface area contributed by atoms with Crippen LogP contribution in [0.2, 0.25) is 5.02 Å². The van der Waals surface area contributed by atoms with Crippen LogP contribution in [-0.4, -0.2) is 76.2 Å². The Morgan fingerprint density at radius 1 is 1.29 bits per heavy atom. The summed E-state index contributed by atoms with van der Waals surface area (Å²) in [4.78, 5) is 45.3. The highest BCUT2D eigenvalue weighted by molar-refractivity contribution is 9.09. The maximum Gasteiger partial charge on any atom is 0.312 e. The van der Waals surface area contributed by atoms with E-state index in [9.17, 15) is 19.5 Å². The van der Waals surface area contributed by atoms with Crippen molar-refractivity contribution in [3.05, 3.63) is 77.3 Å². The predicted molar refractivity (Wildman–Crippen MR) is 159 cm³/mol. The minimum absolute atomic E-state index is 0.133. The van der Waals surface area contributed by atoms with Crippen molar-refractivity contribution in [1.82, 2.24) is 4.90 Å². The first-order valence-corrected chi connectivity index (χ1v) is 15.1. The van der Waals surface area contributed by atoms with Crippen LogP contribution in [0, 0.1) is 18.8 Å². The van der Waals surface area contributed by atoms with Gasteiger partial charge in [-0.1, -0.05) is 76.1 Å². The first-order valence-electron chi connectivity index (χ1n) is 13.8. The number of fused-ring (bicyclic) bond motifs is 1. The molecule has 7 atom stereocenters. The topological polar surface area (TPSA) is 96.4 Å². The maximum absolute atomic E-state index is 14.8. The number of esters is 1. The molecule has 3 heterocycles. The minimum atomic E-state index is -1.30. The smallest absolute Gasteiger partial charge is 0.312 e. The Bertz CT molecular complexity index is 1320. The second-order valence-electron chi connectivity index (χ2n) is 10.8. The molecule has 0 aromatic heterocycles. The Morgan fingerprint density at radius 2 is 2.02 bits per heavy atom. The molecular weight excluding hydrogens is 612 g/mol. The van der Waals surface area contributed by atoms with Crippen LogP contribution in [-0.2, 0) is 30.3 Å². The molecule has 3 saturated heterocycles. The van der Waals surface area contributed by atoms with E-state index in [0.717, 1.165) is 11.1 Å². The molecule has 1 N–H and O–H groups in total.